The zero-order valence-electron chi connectivity index (χ0n) is 13.8. The number of aliphatic hydroxyl groups excluding tert-OH is 1. The summed E-state index contributed by atoms with van der Waals surface area (Å²) in [6, 6.07) is 4.27. The molecule has 1 saturated heterocycles. The molecule has 120 valence electrons. The monoisotopic (exact) mass is 303 g/mol. The maximum atomic E-state index is 12.4. The van der Waals surface area contributed by atoms with E-state index in [1.165, 1.54) is 11.1 Å². The minimum atomic E-state index is -0.281. The van der Waals surface area contributed by atoms with Gasteiger partial charge in [0.2, 0.25) is 5.91 Å². The summed E-state index contributed by atoms with van der Waals surface area (Å²) in [7, 11) is 0. The normalized spacial score (nSPS) is 22.3. The summed E-state index contributed by atoms with van der Waals surface area (Å²) in [5.74, 6) is -0.0353. The van der Waals surface area contributed by atoms with Crippen molar-refractivity contribution < 1.29 is 14.6 Å². The molecule has 0 aliphatic carbocycles. The van der Waals surface area contributed by atoms with Gasteiger partial charge in [0, 0.05) is 12.6 Å². The van der Waals surface area contributed by atoms with Crippen LogP contribution in [0.15, 0.2) is 18.2 Å². The van der Waals surface area contributed by atoms with E-state index in [0.29, 0.717) is 13.2 Å². The summed E-state index contributed by atoms with van der Waals surface area (Å²) >= 11 is 0. The molecule has 1 aromatic rings. The number of hydrogen-bond acceptors (Lipinski definition) is 3. The van der Waals surface area contributed by atoms with Crippen LogP contribution in [-0.2, 0) is 9.53 Å². The first kappa shape index (κ1) is 16.7. The Kier molecular flexibility index (Phi) is 5.37. The number of hydrogen-bond donors (Lipinski definition) is 1. The van der Waals surface area contributed by atoms with Gasteiger partial charge < -0.3 is 14.7 Å². The number of benzene rings is 1. The van der Waals surface area contributed by atoms with Gasteiger partial charge in [-0.05, 0) is 56.0 Å². The first-order valence-electron chi connectivity index (χ1n) is 7.71. The van der Waals surface area contributed by atoms with Crippen LogP contribution in [0, 0.1) is 20.8 Å². The molecule has 1 aliphatic heterocycles. The van der Waals surface area contributed by atoms with Crippen LogP contribution in [0.25, 0.3) is 6.08 Å². The fourth-order valence-corrected chi connectivity index (χ4v) is 2.65. The Labute approximate surface area is 132 Å². The van der Waals surface area contributed by atoms with Gasteiger partial charge in [-0.15, -0.1) is 0 Å². The second-order valence-electron chi connectivity index (χ2n) is 6.10. The van der Waals surface area contributed by atoms with E-state index in [1.807, 2.05) is 13.0 Å². The van der Waals surface area contributed by atoms with E-state index in [0.717, 1.165) is 11.1 Å². The van der Waals surface area contributed by atoms with Crippen LogP contribution in [0.2, 0.25) is 0 Å². The Morgan fingerprint density at radius 1 is 1.32 bits per heavy atom. The van der Waals surface area contributed by atoms with Crippen molar-refractivity contribution in [3.05, 3.63) is 40.5 Å². The summed E-state index contributed by atoms with van der Waals surface area (Å²) in [6.07, 6.45) is 3.21. The molecule has 0 radical (unpaired) electrons. The van der Waals surface area contributed by atoms with Crippen molar-refractivity contribution in [2.75, 3.05) is 19.8 Å². The van der Waals surface area contributed by atoms with Gasteiger partial charge in [0.05, 0.1) is 25.4 Å². The SMILES string of the molecule is Cc1cc(C)c(/C=C/C(=O)N2CC(CO)OCC2C)cc1C. The Balaban J connectivity index is 2.12. The Bertz CT molecular complexity index is 580. The molecule has 2 rings (SSSR count). The highest BCUT2D eigenvalue weighted by Gasteiger charge is 2.27. The molecular weight excluding hydrogens is 278 g/mol. The van der Waals surface area contributed by atoms with Gasteiger partial charge in [-0.2, -0.15) is 0 Å². The van der Waals surface area contributed by atoms with Gasteiger partial charge in [0.25, 0.3) is 0 Å². The second-order valence-corrected chi connectivity index (χ2v) is 6.10. The Hall–Kier alpha value is -1.65. The predicted molar refractivity (Wildman–Crippen MR) is 87.7 cm³/mol. The van der Waals surface area contributed by atoms with E-state index in [9.17, 15) is 9.90 Å². The minimum Gasteiger partial charge on any atom is -0.394 e. The zero-order valence-corrected chi connectivity index (χ0v) is 13.8. The van der Waals surface area contributed by atoms with Crippen molar-refractivity contribution in [1.82, 2.24) is 4.90 Å². The Morgan fingerprint density at radius 3 is 2.68 bits per heavy atom. The van der Waals surface area contributed by atoms with Crippen molar-refractivity contribution in [2.24, 2.45) is 0 Å². The van der Waals surface area contributed by atoms with Crippen LogP contribution in [0.3, 0.4) is 0 Å². The summed E-state index contributed by atoms with van der Waals surface area (Å²) in [5.41, 5.74) is 4.71. The molecule has 22 heavy (non-hydrogen) atoms. The number of ether oxygens (including phenoxy) is 1. The van der Waals surface area contributed by atoms with Gasteiger partial charge in [-0.1, -0.05) is 12.1 Å². The fraction of sp³-hybridized carbons (Fsp3) is 0.500. The lowest BCUT2D eigenvalue weighted by Gasteiger charge is -2.36. The Morgan fingerprint density at radius 2 is 2.00 bits per heavy atom. The second kappa shape index (κ2) is 7.07. The van der Waals surface area contributed by atoms with Crippen LogP contribution in [0.1, 0.15) is 29.2 Å². The molecule has 1 aromatic carbocycles. The number of aryl methyl sites for hydroxylation is 3. The summed E-state index contributed by atoms with van der Waals surface area (Å²) in [4.78, 5) is 14.2. The molecule has 1 aliphatic rings. The quantitative estimate of drug-likeness (QED) is 0.871. The van der Waals surface area contributed by atoms with Crippen molar-refractivity contribution in [3.8, 4) is 0 Å². The molecule has 2 unspecified atom stereocenters. The van der Waals surface area contributed by atoms with Crippen LogP contribution in [0.4, 0.5) is 0 Å². The first-order valence-corrected chi connectivity index (χ1v) is 7.71. The summed E-state index contributed by atoms with van der Waals surface area (Å²) < 4.78 is 5.46. The third-order valence-electron chi connectivity index (χ3n) is 4.28. The number of carbonyl (C=O) groups is 1. The third kappa shape index (κ3) is 3.76. The number of carbonyl (C=O) groups excluding carboxylic acids is 1. The van der Waals surface area contributed by atoms with E-state index >= 15 is 0 Å². The first-order chi connectivity index (χ1) is 10.4. The van der Waals surface area contributed by atoms with Crippen LogP contribution in [-0.4, -0.2) is 47.8 Å². The molecule has 4 nitrogen and oxygen atoms in total. The predicted octanol–water partition coefficient (Wildman–Crippen LogP) is 2.23. The maximum Gasteiger partial charge on any atom is 0.246 e. The smallest absolute Gasteiger partial charge is 0.246 e. The van der Waals surface area contributed by atoms with Gasteiger partial charge in [-0.25, -0.2) is 0 Å². The summed E-state index contributed by atoms with van der Waals surface area (Å²) in [6.45, 7) is 9.02. The van der Waals surface area contributed by atoms with Gasteiger partial charge in [0.15, 0.2) is 0 Å². The van der Waals surface area contributed by atoms with E-state index in [2.05, 4.69) is 32.9 Å². The van der Waals surface area contributed by atoms with E-state index in [1.54, 1.807) is 11.0 Å². The van der Waals surface area contributed by atoms with Crippen LogP contribution in [0.5, 0.6) is 0 Å². The molecule has 0 aromatic heterocycles. The molecule has 0 spiro atoms. The summed E-state index contributed by atoms with van der Waals surface area (Å²) in [5, 5.41) is 9.20. The van der Waals surface area contributed by atoms with Gasteiger partial charge in [0.1, 0.15) is 0 Å². The highest BCUT2D eigenvalue weighted by molar-refractivity contribution is 5.92. The molecule has 0 bridgehead atoms. The lowest BCUT2D eigenvalue weighted by molar-refractivity contribution is -0.140. The van der Waals surface area contributed by atoms with E-state index in [-0.39, 0.29) is 24.7 Å². The number of nitrogens with zero attached hydrogens (tertiary/aromatic N) is 1. The molecule has 4 heteroatoms. The lowest BCUT2D eigenvalue weighted by atomic mass is 10.0. The number of aliphatic hydroxyl groups is 1. The molecule has 0 saturated carbocycles. The highest BCUT2D eigenvalue weighted by atomic mass is 16.5. The van der Waals surface area contributed by atoms with Gasteiger partial charge in [-0.3, -0.25) is 4.79 Å². The minimum absolute atomic E-state index is 0.0285. The van der Waals surface area contributed by atoms with Crippen LogP contribution < -0.4 is 0 Å². The number of amides is 1. The number of morpholine rings is 1. The molecule has 1 N–H and O–H groups in total. The topological polar surface area (TPSA) is 49.8 Å². The third-order valence-corrected chi connectivity index (χ3v) is 4.28. The van der Waals surface area contributed by atoms with Crippen molar-refractivity contribution >= 4 is 12.0 Å². The maximum absolute atomic E-state index is 12.4. The lowest BCUT2D eigenvalue weighted by Crippen LogP contribution is -2.51. The zero-order chi connectivity index (χ0) is 16.3. The van der Waals surface area contributed by atoms with Crippen molar-refractivity contribution in [1.29, 1.82) is 0 Å². The largest absolute Gasteiger partial charge is 0.394 e. The van der Waals surface area contributed by atoms with E-state index in [4.69, 9.17) is 4.74 Å². The molecular formula is C18H25NO3. The number of rotatable bonds is 3. The fourth-order valence-electron chi connectivity index (χ4n) is 2.65. The average molecular weight is 303 g/mol. The van der Waals surface area contributed by atoms with Gasteiger partial charge >= 0.3 is 0 Å². The standard InChI is InChI=1S/C18H25NO3/c1-12-7-14(3)16(8-13(12)2)5-6-18(21)19-9-17(10-20)22-11-15(19)4/h5-8,15,17,20H,9-11H2,1-4H3/b6-5+. The average Bonchev–Trinajstić information content (AvgIpc) is 2.49. The van der Waals surface area contributed by atoms with Crippen molar-refractivity contribution in [3.63, 3.8) is 0 Å². The molecule has 1 fully saturated rings. The van der Waals surface area contributed by atoms with Crippen molar-refractivity contribution in [2.45, 2.75) is 39.8 Å². The van der Waals surface area contributed by atoms with E-state index < -0.39 is 0 Å². The molecule has 1 amide bonds. The van der Waals surface area contributed by atoms with Crippen LogP contribution >= 0.6 is 0 Å². The highest BCUT2D eigenvalue weighted by Crippen LogP contribution is 2.17. The molecule has 1 heterocycles. The molecule has 2 atom stereocenters.